The van der Waals surface area contributed by atoms with E-state index in [1.807, 2.05) is 35.2 Å². The van der Waals surface area contributed by atoms with Gasteiger partial charge in [0, 0.05) is 24.1 Å². The molecule has 2 aliphatic heterocycles. The van der Waals surface area contributed by atoms with Crippen molar-refractivity contribution < 1.29 is 9.63 Å². The van der Waals surface area contributed by atoms with Crippen LogP contribution in [0.2, 0.25) is 0 Å². The number of urea groups is 1. The average Bonchev–Trinajstić information content (AvgIpc) is 3.20. The third-order valence-electron chi connectivity index (χ3n) is 5.74. The number of hydroxylamine groups is 2. The molecule has 0 saturated carbocycles. The van der Waals surface area contributed by atoms with E-state index in [1.165, 1.54) is 16.2 Å². The first-order valence-electron chi connectivity index (χ1n) is 8.65. The molecule has 0 aromatic heterocycles. The lowest BCUT2D eigenvalue weighted by Crippen LogP contribution is -2.36. The largest absolute Gasteiger partial charge is 0.346 e. The van der Waals surface area contributed by atoms with Crippen LogP contribution in [-0.4, -0.2) is 29.1 Å². The Morgan fingerprint density at radius 1 is 1.04 bits per heavy atom. The van der Waals surface area contributed by atoms with Crippen LogP contribution in [0.4, 0.5) is 4.79 Å². The van der Waals surface area contributed by atoms with Gasteiger partial charge >= 0.3 is 6.03 Å². The normalized spacial score (nSPS) is 27.6. The minimum atomic E-state index is -0.217. The minimum absolute atomic E-state index is 0.00473. The van der Waals surface area contributed by atoms with Crippen molar-refractivity contribution in [3.05, 3.63) is 71.3 Å². The van der Waals surface area contributed by atoms with E-state index in [0.29, 0.717) is 0 Å². The Morgan fingerprint density at radius 3 is 2.71 bits per heavy atom. The van der Waals surface area contributed by atoms with E-state index in [0.717, 1.165) is 37.9 Å². The first-order chi connectivity index (χ1) is 11.8. The highest BCUT2D eigenvalue weighted by molar-refractivity contribution is 5.76. The second-order valence-electron chi connectivity index (χ2n) is 7.09. The Kier molecular flexibility index (Phi) is 2.98. The fourth-order valence-corrected chi connectivity index (χ4v) is 4.40. The van der Waals surface area contributed by atoms with Crippen molar-refractivity contribution in [2.24, 2.45) is 0 Å². The van der Waals surface area contributed by atoms with Crippen molar-refractivity contribution in [2.45, 2.75) is 30.9 Å². The van der Waals surface area contributed by atoms with Crippen LogP contribution in [0.25, 0.3) is 0 Å². The molecule has 2 aromatic rings. The van der Waals surface area contributed by atoms with E-state index >= 15 is 0 Å². The molecule has 0 radical (unpaired) electrons. The van der Waals surface area contributed by atoms with Crippen molar-refractivity contribution in [3.63, 3.8) is 0 Å². The van der Waals surface area contributed by atoms with E-state index in [-0.39, 0.29) is 17.7 Å². The van der Waals surface area contributed by atoms with Gasteiger partial charge in [-0.05, 0) is 30.4 Å². The van der Waals surface area contributed by atoms with Crippen molar-refractivity contribution in [2.75, 3.05) is 13.1 Å². The fourth-order valence-electron chi connectivity index (χ4n) is 4.40. The van der Waals surface area contributed by atoms with Crippen LogP contribution in [0.1, 0.15) is 35.8 Å². The molecule has 2 amide bonds. The summed E-state index contributed by atoms with van der Waals surface area (Å²) in [5.74, 6) is 0. The van der Waals surface area contributed by atoms with Crippen molar-refractivity contribution in [1.82, 2.24) is 9.96 Å². The lowest BCUT2D eigenvalue weighted by molar-refractivity contribution is 0.144. The predicted molar refractivity (Wildman–Crippen MR) is 90.1 cm³/mol. The zero-order valence-electron chi connectivity index (χ0n) is 13.5. The second-order valence-corrected chi connectivity index (χ2v) is 7.09. The summed E-state index contributed by atoms with van der Waals surface area (Å²) in [6, 6.07) is 18.6. The van der Waals surface area contributed by atoms with Crippen LogP contribution in [0.5, 0.6) is 0 Å². The summed E-state index contributed by atoms with van der Waals surface area (Å²) in [6.07, 6.45) is 3.12. The van der Waals surface area contributed by atoms with Crippen LogP contribution in [0.3, 0.4) is 0 Å². The highest BCUT2D eigenvalue weighted by Crippen LogP contribution is 2.47. The fraction of sp³-hybridized carbons (Fsp3) is 0.350. The van der Waals surface area contributed by atoms with E-state index in [1.54, 1.807) is 0 Å². The first-order valence-corrected chi connectivity index (χ1v) is 8.65. The van der Waals surface area contributed by atoms with E-state index in [9.17, 15) is 4.79 Å². The molecule has 4 heteroatoms. The van der Waals surface area contributed by atoms with E-state index < -0.39 is 0 Å². The lowest BCUT2D eigenvalue weighted by atomic mass is 9.81. The van der Waals surface area contributed by atoms with Gasteiger partial charge in [0.25, 0.3) is 0 Å². The number of rotatable bonds is 1. The molecule has 2 heterocycles. The summed E-state index contributed by atoms with van der Waals surface area (Å²) in [5.41, 5.74) is 4.10. The molecule has 1 spiro atoms. The molecule has 2 aromatic carbocycles. The smallest absolute Gasteiger partial charge is 0.322 e. The Balaban J connectivity index is 1.32. The molecule has 3 aliphatic rings. The van der Waals surface area contributed by atoms with Gasteiger partial charge in [-0.15, -0.1) is 0 Å². The number of nitrogens with zero attached hydrogens (tertiary/aromatic N) is 2. The molecule has 5 rings (SSSR count). The number of carbonyl (C=O) groups excluding carboxylic acids is 1. The highest BCUT2D eigenvalue weighted by atomic mass is 16.8. The zero-order chi connectivity index (χ0) is 16.1. The average molecular weight is 320 g/mol. The first kappa shape index (κ1) is 14.1. The number of benzene rings is 2. The Morgan fingerprint density at radius 2 is 1.83 bits per heavy atom. The third kappa shape index (κ3) is 2.06. The number of hydrogen-bond donors (Lipinski definition) is 0. The molecule has 2 atom stereocenters. The molecule has 122 valence electrons. The molecular formula is C20H20N2O2. The molecular weight excluding hydrogens is 300 g/mol. The summed E-state index contributed by atoms with van der Waals surface area (Å²) < 4.78 is 0. The highest BCUT2D eigenvalue weighted by Gasteiger charge is 2.50. The Hall–Kier alpha value is -2.33. The van der Waals surface area contributed by atoms with Crippen LogP contribution in [0, 0.1) is 0 Å². The number of likely N-dealkylation sites (tertiary alicyclic amines) is 1. The summed E-state index contributed by atoms with van der Waals surface area (Å²) in [5, 5.41) is 1.51. The topological polar surface area (TPSA) is 35.9 Å². The Bertz CT molecular complexity index is 791. The van der Waals surface area contributed by atoms with Crippen LogP contribution in [0.15, 0.2) is 54.6 Å². The quantitative estimate of drug-likeness (QED) is 0.752. The van der Waals surface area contributed by atoms with Gasteiger partial charge in [-0.2, -0.15) is 5.06 Å². The maximum Gasteiger partial charge on any atom is 0.346 e. The number of amides is 2. The number of aryl methyl sites for hydroxylation is 1. The van der Waals surface area contributed by atoms with Crippen molar-refractivity contribution >= 4 is 6.03 Å². The number of hydrogen-bond acceptors (Lipinski definition) is 2. The SMILES string of the molecule is O=C(N1CCC2(CCc3ccccc32)C1)N1OC1c1ccccc1. The molecule has 2 unspecified atom stereocenters. The van der Waals surface area contributed by atoms with Gasteiger partial charge in [0.15, 0.2) is 0 Å². The zero-order valence-corrected chi connectivity index (χ0v) is 13.5. The monoisotopic (exact) mass is 320 g/mol. The lowest BCUT2D eigenvalue weighted by Gasteiger charge is -2.25. The molecule has 2 saturated heterocycles. The van der Waals surface area contributed by atoms with Gasteiger partial charge in [0.2, 0.25) is 6.23 Å². The third-order valence-corrected chi connectivity index (χ3v) is 5.74. The predicted octanol–water partition coefficient (Wildman–Crippen LogP) is 3.64. The van der Waals surface area contributed by atoms with Gasteiger partial charge in [0.05, 0.1) is 0 Å². The van der Waals surface area contributed by atoms with Crippen molar-refractivity contribution in [1.29, 1.82) is 0 Å². The molecule has 24 heavy (non-hydrogen) atoms. The number of fused-ring (bicyclic) bond motifs is 2. The van der Waals surface area contributed by atoms with E-state index in [2.05, 4.69) is 24.3 Å². The molecule has 1 aliphatic carbocycles. The van der Waals surface area contributed by atoms with E-state index in [4.69, 9.17) is 4.84 Å². The van der Waals surface area contributed by atoms with Gasteiger partial charge in [-0.1, -0.05) is 54.6 Å². The maximum absolute atomic E-state index is 12.8. The summed E-state index contributed by atoms with van der Waals surface area (Å²) in [7, 11) is 0. The van der Waals surface area contributed by atoms with Gasteiger partial charge in [0.1, 0.15) is 0 Å². The second kappa shape index (κ2) is 5.08. The summed E-state index contributed by atoms with van der Waals surface area (Å²) in [6.45, 7) is 1.62. The minimum Gasteiger partial charge on any atom is -0.322 e. The van der Waals surface area contributed by atoms with Crippen LogP contribution < -0.4 is 0 Å². The van der Waals surface area contributed by atoms with Crippen LogP contribution in [-0.2, 0) is 16.7 Å². The summed E-state index contributed by atoms with van der Waals surface area (Å²) >= 11 is 0. The standard InChI is InChI=1S/C20H20N2O2/c23-19(22-18(24-22)16-7-2-1-3-8-16)21-13-12-20(14-21)11-10-15-6-4-5-9-17(15)20/h1-9,18H,10-14H2. The van der Waals surface area contributed by atoms with Gasteiger partial charge < -0.3 is 4.90 Å². The molecule has 4 nitrogen and oxygen atoms in total. The van der Waals surface area contributed by atoms with Gasteiger partial charge in [-0.25, -0.2) is 9.63 Å². The Labute approximate surface area is 141 Å². The number of carbonyl (C=O) groups is 1. The molecule has 2 fully saturated rings. The van der Waals surface area contributed by atoms with Crippen molar-refractivity contribution in [3.8, 4) is 0 Å². The summed E-state index contributed by atoms with van der Waals surface area (Å²) in [4.78, 5) is 20.3. The maximum atomic E-state index is 12.8. The molecule has 0 N–H and O–H groups in total. The molecule has 0 bridgehead atoms. The van der Waals surface area contributed by atoms with Crippen LogP contribution >= 0.6 is 0 Å². The van der Waals surface area contributed by atoms with Gasteiger partial charge in [-0.3, -0.25) is 0 Å².